The molecule has 2 atom stereocenters. The molecule has 3 heteroatoms. The van der Waals surface area contributed by atoms with Crippen molar-refractivity contribution in [1.29, 1.82) is 5.26 Å². The minimum Gasteiger partial charge on any atom is -0.388 e. The summed E-state index contributed by atoms with van der Waals surface area (Å²) in [5, 5.41) is 23.8. The summed E-state index contributed by atoms with van der Waals surface area (Å²) in [5.74, 6) is 0.627. The van der Waals surface area contributed by atoms with Crippen LogP contribution in [0.3, 0.4) is 0 Å². The largest absolute Gasteiger partial charge is 0.388 e. The van der Waals surface area contributed by atoms with Crippen molar-refractivity contribution in [3.05, 3.63) is 0 Å². The van der Waals surface area contributed by atoms with Crippen molar-refractivity contribution >= 4 is 0 Å². The molecule has 2 fully saturated rings. The van der Waals surface area contributed by atoms with Crippen LogP contribution in [-0.4, -0.2) is 23.8 Å². The van der Waals surface area contributed by atoms with Gasteiger partial charge >= 0.3 is 0 Å². The summed E-state index contributed by atoms with van der Waals surface area (Å²) in [6, 6.07) is 2.51. The molecule has 0 aromatic carbocycles. The molecule has 1 aliphatic heterocycles. The Balaban J connectivity index is 2.20. The normalized spacial score (nSPS) is 37.4. The topological polar surface area (TPSA) is 56.0 Å². The van der Waals surface area contributed by atoms with Crippen molar-refractivity contribution in [1.82, 2.24) is 5.32 Å². The molecule has 1 heterocycles. The van der Waals surface area contributed by atoms with Crippen molar-refractivity contribution in [2.75, 3.05) is 13.1 Å². The van der Waals surface area contributed by atoms with E-state index in [1.807, 2.05) is 0 Å². The molecule has 0 aromatic heterocycles. The standard InChI is InChI=1S/C14H24N2O/c1-2-12-4-3-5-13(10-12,11-15)14(17)6-8-16-9-7-14/h12,16-17H,2-10H2,1H3. The summed E-state index contributed by atoms with van der Waals surface area (Å²) in [6.07, 6.45) is 6.72. The zero-order valence-corrected chi connectivity index (χ0v) is 10.8. The van der Waals surface area contributed by atoms with Crippen LogP contribution in [0.2, 0.25) is 0 Å². The van der Waals surface area contributed by atoms with E-state index in [1.54, 1.807) is 0 Å². The monoisotopic (exact) mass is 236 g/mol. The van der Waals surface area contributed by atoms with E-state index in [4.69, 9.17) is 0 Å². The van der Waals surface area contributed by atoms with Gasteiger partial charge in [-0.3, -0.25) is 0 Å². The average molecular weight is 236 g/mol. The SMILES string of the molecule is CCC1CCCC(C#N)(C2(O)CCNCC2)C1. The quantitative estimate of drug-likeness (QED) is 0.773. The number of nitrogens with one attached hydrogen (secondary N) is 1. The summed E-state index contributed by atoms with van der Waals surface area (Å²) in [5.41, 5.74) is -1.23. The van der Waals surface area contributed by atoms with E-state index in [-0.39, 0.29) is 0 Å². The number of hydrogen-bond donors (Lipinski definition) is 2. The summed E-state index contributed by atoms with van der Waals surface area (Å²) >= 11 is 0. The van der Waals surface area contributed by atoms with Crippen LogP contribution in [0.5, 0.6) is 0 Å². The fourth-order valence-electron chi connectivity index (χ4n) is 3.69. The molecule has 17 heavy (non-hydrogen) atoms. The highest BCUT2D eigenvalue weighted by Crippen LogP contribution is 2.50. The Kier molecular flexibility index (Phi) is 3.75. The molecule has 2 rings (SSSR count). The second-order valence-corrected chi connectivity index (χ2v) is 5.85. The molecule has 0 amide bonds. The lowest BCUT2D eigenvalue weighted by atomic mass is 9.58. The number of nitriles is 1. The highest BCUT2D eigenvalue weighted by atomic mass is 16.3. The summed E-state index contributed by atoms with van der Waals surface area (Å²) in [7, 11) is 0. The fourth-order valence-corrected chi connectivity index (χ4v) is 3.69. The number of nitrogens with zero attached hydrogens (tertiary/aromatic N) is 1. The van der Waals surface area contributed by atoms with Crippen molar-refractivity contribution in [3.8, 4) is 6.07 Å². The van der Waals surface area contributed by atoms with Gasteiger partial charge in [0.05, 0.1) is 17.1 Å². The van der Waals surface area contributed by atoms with Gasteiger partial charge in [0.15, 0.2) is 0 Å². The zero-order valence-electron chi connectivity index (χ0n) is 10.8. The maximum atomic E-state index is 10.9. The smallest absolute Gasteiger partial charge is 0.0863 e. The van der Waals surface area contributed by atoms with Crippen LogP contribution in [0.25, 0.3) is 0 Å². The fraction of sp³-hybridized carbons (Fsp3) is 0.929. The minimum absolute atomic E-state index is 0.478. The second-order valence-electron chi connectivity index (χ2n) is 5.85. The molecule has 96 valence electrons. The van der Waals surface area contributed by atoms with Gasteiger partial charge in [0, 0.05) is 0 Å². The van der Waals surface area contributed by atoms with Crippen LogP contribution in [0.4, 0.5) is 0 Å². The van der Waals surface area contributed by atoms with Crippen molar-refractivity contribution in [2.45, 2.75) is 57.5 Å². The van der Waals surface area contributed by atoms with Gasteiger partial charge in [-0.05, 0) is 44.7 Å². The predicted molar refractivity (Wildman–Crippen MR) is 67.3 cm³/mol. The van der Waals surface area contributed by atoms with Crippen LogP contribution in [0.1, 0.15) is 51.9 Å². The van der Waals surface area contributed by atoms with Gasteiger partial charge in [0.1, 0.15) is 0 Å². The lowest BCUT2D eigenvalue weighted by Gasteiger charge is -2.49. The van der Waals surface area contributed by atoms with Gasteiger partial charge in [-0.25, -0.2) is 0 Å². The van der Waals surface area contributed by atoms with Gasteiger partial charge in [0.25, 0.3) is 0 Å². The van der Waals surface area contributed by atoms with Gasteiger partial charge < -0.3 is 10.4 Å². The Morgan fingerprint density at radius 1 is 1.35 bits per heavy atom. The minimum atomic E-state index is -0.749. The van der Waals surface area contributed by atoms with Crippen LogP contribution >= 0.6 is 0 Å². The first-order valence-electron chi connectivity index (χ1n) is 7.00. The molecule has 2 unspecified atom stereocenters. The van der Waals surface area contributed by atoms with E-state index in [2.05, 4.69) is 18.3 Å². The van der Waals surface area contributed by atoms with Crippen LogP contribution in [-0.2, 0) is 0 Å². The molecule has 2 aliphatic rings. The Labute approximate surface area is 104 Å². The number of hydrogen-bond acceptors (Lipinski definition) is 3. The molecule has 1 aliphatic carbocycles. The molecule has 0 spiro atoms. The molecule has 2 N–H and O–H groups in total. The first kappa shape index (κ1) is 12.9. The van der Waals surface area contributed by atoms with Gasteiger partial charge in [-0.15, -0.1) is 0 Å². The number of aliphatic hydroxyl groups is 1. The predicted octanol–water partition coefficient (Wildman–Crippen LogP) is 2.21. The lowest BCUT2D eigenvalue weighted by molar-refractivity contribution is -0.101. The maximum Gasteiger partial charge on any atom is 0.0863 e. The van der Waals surface area contributed by atoms with Crippen molar-refractivity contribution < 1.29 is 5.11 Å². The molecule has 3 nitrogen and oxygen atoms in total. The summed E-state index contributed by atoms with van der Waals surface area (Å²) < 4.78 is 0. The van der Waals surface area contributed by atoms with E-state index >= 15 is 0 Å². The number of piperidine rings is 1. The van der Waals surface area contributed by atoms with Crippen LogP contribution in [0.15, 0.2) is 0 Å². The summed E-state index contributed by atoms with van der Waals surface area (Å²) in [4.78, 5) is 0. The first-order chi connectivity index (χ1) is 8.16. The van der Waals surface area contributed by atoms with E-state index in [0.29, 0.717) is 5.92 Å². The van der Waals surface area contributed by atoms with E-state index in [9.17, 15) is 10.4 Å². The molecule has 0 bridgehead atoms. The Hall–Kier alpha value is -0.590. The molecular weight excluding hydrogens is 212 g/mol. The molecule has 1 saturated carbocycles. The molecular formula is C14H24N2O. The highest BCUT2D eigenvalue weighted by Gasteiger charge is 2.52. The maximum absolute atomic E-state index is 10.9. The average Bonchev–Trinajstić information content (AvgIpc) is 2.39. The van der Waals surface area contributed by atoms with E-state index < -0.39 is 11.0 Å². The van der Waals surface area contributed by atoms with E-state index in [1.165, 1.54) is 6.42 Å². The third kappa shape index (κ3) is 2.21. The molecule has 0 radical (unpaired) electrons. The molecule has 0 aromatic rings. The lowest BCUT2D eigenvalue weighted by Crippen LogP contribution is -2.55. The Bertz CT molecular complexity index is 304. The second kappa shape index (κ2) is 4.96. The highest BCUT2D eigenvalue weighted by molar-refractivity contribution is 5.14. The summed E-state index contributed by atoms with van der Waals surface area (Å²) in [6.45, 7) is 3.89. The third-order valence-corrected chi connectivity index (χ3v) is 4.97. The third-order valence-electron chi connectivity index (χ3n) is 4.97. The Morgan fingerprint density at radius 3 is 2.65 bits per heavy atom. The van der Waals surface area contributed by atoms with E-state index in [0.717, 1.165) is 51.6 Å². The Morgan fingerprint density at radius 2 is 2.06 bits per heavy atom. The van der Waals surface area contributed by atoms with Crippen LogP contribution in [0, 0.1) is 22.7 Å². The van der Waals surface area contributed by atoms with Gasteiger partial charge in [-0.1, -0.05) is 26.2 Å². The molecule has 1 saturated heterocycles. The number of rotatable bonds is 2. The van der Waals surface area contributed by atoms with Crippen molar-refractivity contribution in [3.63, 3.8) is 0 Å². The zero-order chi connectivity index (χ0) is 12.4. The van der Waals surface area contributed by atoms with Gasteiger partial charge in [-0.2, -0.15) is 5.26 Å². The van der Waals surface area contributed by atoms with Crippen LogP contribution < -0.4 is 5.32 Å². The first-order valence-corrected chi connectivity index (χ1v) is 7.00. The van der Waals surface area contributed by atoms with Crippen molar-refractivity contribution in [2.24, 2.45) is 11.3 Å². The van der Waals surface area contributed by atoms with Gasteiger partial charge in [0.2, 0.25) is 0 Å².